The molecule has 0 amide bonds. The van der Waals surface area contributed by atoms with Gasteiger partial charge < -0.3 is 10.1 Å². The van der Waals surface area contributed by atoms with Gasteiger partial charge in [0, 0.05) is 22.5 Å². The Balaban J connectivity index is 2.32. The molecule has 1 aliphatic rings. The van der Waals surface area contributed by atoms with E-state index in [1.54, 1.807) is 0 Å². The molecule has 20 heavy (non-hydrogen) atoms. The van der Waals surface area contributed by atoms with Crippen molar-refractivity contribution in [2.24, 2.45) is 0 Å². The van der Waals surface area contributed by atoms with Gasteiger partial charge in [0.15, 0.2) is 0 Å². The van der Waals surface area contributed by atoms with Crippen molar-refractivity contribution in [3.8, 4) is 5.75 Å². The summed E-state index contributed by atoms with van der Waals surface area (Å²) in [5, 5.41) is 3.70. The average Bonchev–Trinajstić information content (AvgIpc) is 2.45. The summed E-state index contributed by atoms with van der Waals surface area (Å²) in [4.78, 5) is 0. The topological polar surface area (TPSA) is 21.3 Å². The Bertz CT molecular complexity index is 449. The van der Waals surface area contributed by atoms with Gasteiger partial charge in [0.25, 0.3) is 0 Å². The molecule has 2 nitrogen and oxygen atoms in total. The quantitative estimate of drug-likeness (QED) is 0.766. The molecule has 2 unspecified atom stereocenters. The minimum Gasteiger partial charge on any atom is -0.487 e. The Morgan fingerprint density at radius 2 is 2.10 bits per heavy atom. The largest absolute Gasteiger partial charge is 0.487 e. The maximum atomic E-state index is 6.41. The molecule has 0 saturated carbocycles. The van der Waals surface area contributed by atoms with Gasteiger partial charge in [-0.25, -0.2) is 0 Å². The third kappa shape index (κ3) is 3.37. The highest BCUT2D eigenvalue weighted by Gasteiger charge is 2.38. The number of hydrogen-bond acceptors (Lipinski definition) is 2. The van der Waals surface area contributed by atoms with Gasteiger partial charge in [0.05, 0.1) is 0 Å². The minimum absolute atomic E-state index is 0.000980. The summed E-state index contributed by atoms with van der Waals surface area (Å²) in [6.07, 6.45) is 5.60. The van der Waals surface area contributed by atoms with Crippen molar-refractivity contribution >= 4 is 15.9 Å². The second kappa shape index (κ2) is 6.95. The van der Waals surface area contributed by atoms with E-state index in [0.717, 1.165) is 42.5 Å². The molecule has 0 fully saturated rings. The zero-order chi connectivity index (χ0) is 14.6. The van der Waals surface area contributed by atoms with E-state index in [9.17, 15) is 0 Å². The number of hydrogen-bond donors (Lipinski definition) is 1. The van der Waals surface area contributed by atoms with Crippen LogP contribution >= 0.6 is 15.9 Å². The fraction of sp³-hybridized carbons (Fsp3) is 0.647. The van der Waals surface area contributed by atoms with Crippen molar-refractivity contribution in [1.82, 2.24) is 5.32 Å². The molecule has 1 N–H and O–H groups in total. The summed E-state index contributed by atoms with van der Waals surface area (Å²) in [5.74, 6) is 1.06. The van der Waals surface area contributed by atoms with Gasteiger partial charge >= 0.3 is 0 Å². The van der Waals surface area contributed by atoms with Crippen molar-refractivity contribution < 1.29 is 4.74 Å². The van der Waals surface area contributed by atoms with Gasteiger partial charge in [-0.2, -0.15) is 0 Å². The van der Waals surface area contributed by atoms with Crippen LogP contribution in [0.2, 0.25) is 0 Å². The maximum absolute atomic E-state index is 6.41. The summed E-state index contributed by atoms with van der Waals surface area (Å²) in [6.45, 7) is 7.76. The number of benzene rings is 1. The standard InChI is InChI=1S/C17H26BrNO/c1-4-9-17(6-3)12-15(19-10-5-2)14-11-13(18)7-8-16(14)20-17/h7-8,11,15,19H,4-6,9-10,12H2,1-3H3. The molecule has 2 rings (SSSR count). The van der Waals surface area contributed by atoms with E-state index in [1.165, 1.54) is 12.0 Å². The lowest BCUT2D eigenvalue weighted by molar-refractivity contribution is 0.0178. The van der Waals surface area contributed by atoms with Crippen molar-refractivity contribution in [3.63, 3.8) is 0 Å². The highest BCUT2D eigenvalue weighted by molar-refractivity contribution is 9.10. The van der Waals surface area contributed by atoms with Gasteiger partial charge in [0.1, 0.15) is 11.4 Å². The normalized spacial score (nSPS) is 25.1. The van der Waals surface area contributed by atoms with Gasteiger partial charge in [-0.05, 0) is 44.0 Å². The third-order valence-corrected chi connectivity index (χ3v) is 4.73. The molecule has 0 aliphatic carbocycles. The van der Waals surface area contributed by atoms with E-state index in [1.807, 2.05) is 0 Å². The fourth-order valence-corrected chi connectivity index (χ4v) is 3.52. The molecule has 0 bridgehead atoms. The van der Waals surface area contributed by atoms with Crippen LogP contribution in [0.1, 0.15) is 64.5 Å². The number of nitrogens with one attached hydrogen (secondary N) is 1. The first-order chi connectivity index (χ1) is 9.64. The summed E-state index contributed by atoms with van der Waals surface area (Å²) >= 11 is 3.58. The van der Waals surface area contributed by atoms with Gasteiger partial charge in [-0.1, -0.05) is 43.1 Å². The molecule has 112 valence electrons. The Morgan fingerprint density at radius 3 is 2.75 bits per heavy atom. The Kier molecular flexibility index (Phi) is 5.50. The summed E-state index contributed by atoms with van der Waals surface area (Å²) < 4.78 is 7.54. The highest BCUT2D eigenvalue weighted by atomic mass is 79.9. The number of fused-ring (bicyclic) bond motifs is 1. The fourth-order valence-electron chi connectivity index (χ4n) is 3.14. The van der Waals surface area contributed by atoms with E-state index in [4.69, 9.17) is 4.74 Å². The van der Waals surface area contributed by atoms with Crippen molar-refractivity contribution in [2.45, 2.75) is 64.5 Å². The van der Waals surface area contributed by atoms with E-state index >= 15 is 0 Å². The van der Waals surface area contributed by atoms with Gasteiger partial charge in [-0.3, -0.25) is 0 Å². The van der Waals surface area contributed by atoms with Crippen molar-refractivity contribution in [1.29, 1.82) is 0 Å². The predicted molar refractivity (Wildman–Crippen MR) is 88.4 cm³/mol. The van der Waals surface area contributed by atoms with Gasteiger partial charge in [-0.15, -0.1) is 0 Å². The molecular weight excluding hydrogens is 314 g/mol. The van der Waals surface area contributed by atoms with Crippen LogP contribution in [0.5, 0.6) is 5.75 Å². The zero-order valence-corrected chi connectivity index (χ0v) is 14.4. The maximum Gasteiger partial charge on any atom is 0.125 e. The SMILES string of the molecule is CCCNC1CC(CC)(CCC)Oc2ccc(Br)cc21. The van der Waals surface area contributed by atoms with Gasteiger partial charge in [0.2, 0.25) is 0 Å². The molecule has 1 heterocycles. The van der Waals surface area contributed by atoms with E-state index in [0.29, 0.717) is 6.04 Å². The van der Waals surface area contributed by atoms with Crippen LogP contribution in [0.15, 0.2) is 22.7 Å². The van der Waals surface area contributed by atoms with Crippen LogP contribution in [-0.2, 0) is 0 Å². The molecule has 1 aromatic carbocycles. The minimum atomic E-state index is 0.000980. The lowest BCUT2D eigenvalue weighted by atomic mass is 9.82. The molecule has 0 saturated heterocycles. The Morgan fingerprint density at radius 1 is 1.30 bits per heavy atom. The first kappa shape index (κ1) is 15.8. The second-order valence-electron chi connectivity index (χ2n) is 5.78. The van der Waals surface area contributed by atoms with Crippen LogP contribution in [0.25, 0.3) is 0 Å². The van der Waals surface area contributed by atoms with Crippen LogP contribution in [0.4, 0.5) is 0 Å². The molecule has 1 aliphatic heterocycles. The monoisotopic (exact) mass is 339 g/mol. The van der Waals surface area contributed by atoms with E-state index in [2.05, 4.69) is 60.2 Å². The molecule has 2 atom stereocenters. The first-order valence-electron chi connectivity index (χ1n) is 7.86. The molecule has 1 aromatic rings. The average molecular weight is 340 g/mol. The van der Waals surface area contributed by atoms with Crippen LogP contribution in [-0.4, -0.2) is 12.1 Å². The van der Waals surface area contributed by atoms with Crippen molar-refractivity contribution in [2.75, 3.05) is 6.54 Å². The third-order valence-electron chi connectivity index (χ3n) is 4.24. The lowest BCUT2D eigenvalue weighted by Gasteiger charge is -2.42. The highest BCUT2D eigenvalue weighted by Crippen LogP contribution is 2.44. The lowest BCUT2D eigenvalue weighted by Crippen LogP contribution is -2.43. The van der Waals surface area contributed by atoms with Crippen LogP contribution in [0.3, 0.4) is 0 Å². The smallest absolute Gasteiger partial charge is 0.125 e. The summed E-state index contributed by atoms with van der Waals surface area (Å²) in [6, 6.07) is 6.80. The molecule has 0 radical (unpaired) electrons. The summed E-state index contributed by atoms with van der Waals surface area (Å²) in [5.41, 5.74) is 1.30. The Labute approximate surface area is 131 Å². The first-order valence-corrected chi connectivity index (χ1v) is 8.65. The predicted octanol–water partition coefficient (Wildman–Crippen LogP) is 5.22. The summed E-state index contributed by atoms with van der Waals surface area (Å²) in [7, 11) is 0. The zero-order valence-electron chi connectivity index (χ0n) is 12.8. The van der Waals surface area contributed by atoms with E-state index in [-0.39, 0.29) is 5.60 Å². The Hall–Kier alpha value is -0.540. The molecule has 3 heteroatoms. The van der Waals surface area contributed by atoms with E-state index < -0.39 is 0 Å². The number of rotatable bonds is 6. The van der Waals surface area contributed by atoms with Crippen LogP contribution in [0, 0.1) is 0 Å². The molecular formula is C17H26BrNO. The number of halogens is 1. The molecule has 0 aromatic heterocycles. The second-order valence-corrected chi connectivity index (χ2v) is 6.70. The number of ether oxygens (including phenoxy) is 1. The van der Waals surface area contributed by atoms with Crippen molar-refractivity contribution in [3.05, 3.63) is 28.2 Å². The molecule has 0 spiro atoms. The van der Waals surface area contributed by atoms with Crippen LogP contribution < -0.4 is 10.1 Å².